The molecule has 0 bridgehead atoms. The van der Waals surface area contributed by atoms with Gasteiger partial charge in [0.2, 0.25) is 10.0 Å². The van der Waals surface area contributed by atoms with Crippen LogP contribution in [-0.4, -0.2) is 34.7 Å². The van der Waals surface area contributed by atoms with E-state index in [0.29, 0.717) is 17.5 Å². The van der Waals surface area contributed by atoms with Crippen molar-refractivity contribution in [1.82, 2.24) is 14.8 Å². The number of nitrogens with two attached hydrogens (primary N) is 1. The molecule has 0 unspecified atom stereocenters. The van der Waals surface area contributed by atoms with E-state index in [1.807, 2.05) is 42.7 Å². The van der Waals surface area contributed by atoms with Crippen LogP contribution < -0.4 is 9.88 Å². The van der Waals surface area contributed by atoms with E-state index in [9.17, 15) is 13.2 Å². The molecule has 0 saturated heterocycles. The Morgan fingerprint density at radius 2 is 1.77 bits per heavy atom. The second-order valence-corrected chi connectivity index (χ2v) is 9.44. The van der Waals surface area contributed by atoms with E-state index in [4.69, 9.17) is 9.88 Å². The highest BCUT2D eigenvalue weighted by atomic mass is 32.2. The lowest BCUT2D eigenvalue weighted by atomic mass is 10.1. The van der Waals surface area contributed by atoms with Gasteiger partial charge in [0.1, 0.15) is 18.1 Å². The maximum Gasteiger partial charge on any atom is 0.238 e. The van der Waals surface area contributed by atoms with E-state index in [1.54, 1.807) is 12.1 Å². The molecule has 31 heavy (non-hydrogen) atoms. The van der Waals surface area contributed by atoms with Gasteiger partial charge >= 0.3 is 0 Å². The van der Waals surface area contributed by atoms with Gasteiger partial charge in [-0.25, -0.2) is 13.6 Å². The van der Waals surface area contributed by atoms with E-state index < -0.39 is 10.0 Å². The number of hydrogen-bond acceptors (Lipinski definition) is 7. The highest BCUT2D eigenvalue weighted by molar-refractivity contribution is 7.99. The lowest BCUT2D eigenvalue weighted by Gasteiger charge is -2.09. The molecule has 0 spiro atoms. The summed E-state index contributed by atoms with van der Waals surface area (Å²) in [6.45, 7) is 4.94. The van der Waals surface area contributed by atoms with Gasteiger partial charge in [-0.15, -0.1) is 10.2 Å². The van der Waals surface area contributed by atoms with Gasteiger partial charge in [0.25, 0.3) is 0 Å². The number of nitrogens with zero attached hydrogens (tertiary/aromatic N) is 3. The SMILES string of the molecule is CCn1c(COc2ccc(C)cc2)nnc1SCC(=O)Cc1ccc(S(N)(=O)=O)cc1. The Bertz CT molecular complexity index is 1140. The maximum absolute atomic E-state index is 12.4. The highest BCUT2D eigenvalue weighted by Crippen LogP contribution is 2.20. The number of thioether (sulfide) groups is 1. The average molecular weight is 461 g/mol. The summed E-state index contributed by atoms with van der Waals surface area (Å²) in [4.78, 5) is 12.4. The van der Waals surface area contributed by atoms with Crippen molar-refractivity contribution in [2.45, 2.75) is 43.5 Å². The number of carbonyl (C=O) groups excluding carboxylic acids is 1. The van der Waals surface area contributed by atoms with Gasteiger partial charge in [-0.1, -0.05) is 41.6 Å². The molecule has 0 atom stereocenters. The molecular weight excluding hydrogens is 436 g/mol. The summed E-state index contributed by atoms with van der Waals surface area (Å²) < 4.78 is 30.3. The van der Waals surface area contributed by atoms with Crippen LogP contribution in [0.1, 0.15) is 23.9 Å². The van der Waals surface area contributed by atoms with Crippen molar-refractivity contribution in [3.63, 3.8) is 0 Å². The van der Waals surface area contributed by atoms with Crippen molar-refractivity contribution < 1.29 is 17.9 Å². The third-order valence-electron chi connectivity index (χ3n) is 4.51. The molecular formula is C21H24N4O4S2. The summed E-state index contributed by atoms with van der Waals surface area (Å²) in [6.07, 6.45) is 0.196. The minimum absolute atomic E-state index is 0.00327. The molecule has 8 nitrogen and oxygen atoms in total. The molecule has 2 aromatic carbocycles. The molecule has 164 valence electrons. The number of ketones is 1. The minimum atomic E-state index is -3.74. The van der Waals surface area contributed by atoms with Crippen LogP contribution in [0.3, 0.4) is 0 Å². The van der Waals surface area contributed by atoms with Crippen LogP contribution in [0, 0.1) is 6.92 Å². The number of benzene rings is 2. The monoisotopic (exact) mass is 460 g/mol. The molecule has 10 heteroatoms. The van der Waals surface area contributed by atoms with Gasteiger partial charge in [-0.3, -0.25) is 4.79 Å². The summed E-state index contributed by atoms with van der Waals surface area (Å²) in [5.74, 6) is 1.68. The van der Waals surface area contributed by atoms with Crippen molar-refractivity contribution in [3.8, 4) is 5.75 Å². The van der Waals surface area contributed by atoms with Crippen LogP contribution >= 0.6 is 11.8 Å². The van der Waals surface area contributed by atoms with Crippen molar-refractivity contribution in [3.05, 3.63) is 65.5 Å². The number of aryl methyl sites for hydroxylation is 1. The van der Waals surface area contributed by atoms with Gasteiger partial charge in [0.05, 0.1) is 10.6 Å². The summed E-state index contributed by atoms with van der Waals surface area (Å²) in [5.41, 5.74) is 1.88. The molecule has 0 saturated carbocycles. The van der Waals surface area contributed by atoms with Crippen molar-refractivity contribution in [2.75, 3.05) is 5.75 Å². The molecule has 0 fully saturated rings. The first-order chi connectivity index (χ1) is 14.8. The second-order valence-electron chi connectivity index (χ2n) is 6.94. The summed E-state index contributed by atoms with van der Waals surface area (Å²) in [7, 11) is -3.74. The molecule has 0 aliphatic carbocycles. The number of primary sulfonamides is 1. The Balaban J connectivity index is 1.56. The maximum atomic E-state index is 12.4. The third kappa shape index (κ3) is 6.39. The lowest BCUT2D eigenvalue weighted by Crippen LogP contribution is -2.12. The molecule has 3 aromatic rings. The number of rotatable bonds is 10. The zero-order valence-electron chi connectivity index (χ0n) is 17.3. The summed E-state index contributed by atoms with van der Waals surface area (Å²) >= 11 is 1.32. The topological polar surface area (TPSA) is 117 Å². The number of aromatic nitrogens is 3. The smallest absolute Gasteiger partial charge is 0.238 e. The minimum Gasteiger partial charge on any atom is -0.486 e. The molecule has 0 aliphatic rings. The lowest BCUT2D eigenvalue weighted by molar-refractivity contribution is -0.116. The van der Waals surface area contributed by atoms with Crippen LogP contribution in [0.4, 0.5) is 0 Å². The van der Waals surface area contributed by atoms with Crippen LogP contribution in [0.5, 0.6) is 5.75 Å². The van der Waals surface area contributed by atoms with Crippen LogP contribution in [0.2, 0.25) is 0 Å². The van der Waals surface area contributed by atoms with E-state index >= 15 is 0 Å². The Labute approximate surface area is 185 Å². The highest BCUT2D eigenvalue weighted by Gasteiger charge is 2.14. The standard InChI is InChI=1S/C21H24N4O4S2/c1-3-25-20(13-29-18-8-4-15(2)5-9-18)23-24-21(25)30-14-17(26)12-16-6-10-19(11-7-16)31(22,27)28/h4-11H,3,12-14H2,1-2H3,(H2,22,27,28). The first-order valence-corrected chi connectivity index (χ1v) is 12.2. The van der Waals surface area contributed by atoms with Gasteiger partial charge in [0.15, 0.2) is 11.0 Å². The van der Waals surface area contributed by atoms with Crippen molar-refractivity contribution in [2.24, 2.45) is 5.14 Å². The predicted octanol–water partition coefficient (Wildman–Crippen LogP) is 2.74. The molecule has 0 amide bonds. The van der Waals surface area contributed by atoms with Gasteiger partial charge < -0.3 is 9.30 Å². The van der Waals surface area contributed by atoms with Gasteiger partial charge in [-0.05, 0) is 43.7 Å². The van der Waals surface area contributed by atoms with Crippen molar-refractivity contribution in [1.29, 1.82) is 0 Å². The Kier molecular flexibility index (Phi) is 7.47. The first-order valence-electron chi connectivity index (χ1n) is 9.64. The van der Waals surface area contributed by atoms with E-state index in [1.165, 1.54) is 23.9 Å². The Morgan fingerprint density at radius 1 is 1.10 bits per heavy atom. The molecule has 3 rings (SSSR count). The fraction of sp³-hybridized carbons (Fsp3) is 0.286. The Morgan fingerprint density at radius 3 is 2.39 bits per heavy atom. The van der Waals surface area contributed by atoms with Crippen LogP contribution in [0.15, 0.2) is 58.6 Å². The van der Waals surface area contributed by atoms with Gasteiger partial charge in [-0.2, -0.15) is 0 Å². The molecule has 1 aromatic heterocycles. The zero-order valence-corrected chi connectivity index (χ0v) is 18.9. The molecule has 2 N–H and O–H groups in total. The average Bonchev–Trinajstić information content (AvgIpc) is 3.13. The number of hydrogen-bond donors (Lipinski definition) is 1. The number of ether oxygens (including phenoxy) is 1. The molecule has 0 aliphatic heterocycles. The quantitative estimate of drug-likeness (QED) is 0.462. The van der Waals surface area contributed by atoms with E-state index in [2.05, 4.69) is 10.2 Å². The number of Topliss-reactive ketones (excluding diaryl/α,β-unsaturated/α-hetero) is 1. The van der Waals surface area contributed by atoms with Crippen LogP contribution in [0.25, 0.3) is 0 Å². The number of carbonyl (C=O) groups is 1. The second kappa shape index (κ2) is 10.1. The molecule has 0 radical (unpaired) electrons. The van der Waals surface area contributed by atoms with Gasteiger partial charge in [0, 0.05) is 13.0 Å². The first kappa shape index (κ1) is 23.0. The van der Waals surface area contributed by atoms with E-state index in [-0.39, 0.29) is 29.5 Å². The summed E-state index contributed by atoms with van der Waals surface area (Å²) in [5, 5.41) is 14.1. The zero-order chi connectivity index (χ0) is 22.4. The third-order valence-corrected chi connectivity index (χ3v) is 6.47. The fourth-order valence-electron chi connectivity index (χ4n) is 2.85. The largest absolute Gasteiger partial charge is 0.486 e. The predicted molar refractivity (Wildman–Crippen MR) is 118 cm³/mol. The normalized spacial score (nSPS) is 11.5. The summed E-state index contributed by atoms with van der Waals surface area (Å²) in [6, 6.07) is 13.8. The molecule has 1 heterocycles. The van der Waals surface area contributed by atoms with Crippen LogP contribution in [-0.2, 0) is 34.4 Å². The Hall–Kier alpha value is -2.69. The number of sulfonamides is 1. The van der Waals surface area contributed by atoms with Crippen molar-refractivity contribution >= 4 is 27.6 Å². The van der Waals surface area contributed by atoms with E-state index in [0.717, 1.165) is 16.9 Å². The fourth-order valence-corrected chi connectivity index (χ4v) is 4.25.